The molecule has 106 valence electrons. The average Bonchev–Trinajstić information content (AvgIpc) is 2.26. The van der Waals surface area contributed by atoms with Crippen LogP contribution in [0.4, 0.5) is 0 Å². The largest absolute Gasteiger partial charge is 0.489 e. The van der Waals surface area contributed by atoms with Crippen molar-refractivity contribution in [3.8, 4) is 5.75 Å². The minimum Gasteiger partial charge on any atom is -0.489 e. The first-order valence-electron chi connectivity index (χ1n) is 6.58. The summed E-state index contributed by atoms with van der Waals surface area (Å²) in [6.45, 7) is 11.8. The Morgan fingerprint density at radius 3 is 2.58 bits per heavy atom. The molecule has 0 atom stereocenters. The standard InChI is InChI=1S/C16H24ClNO/c1-12(2)9-10-19-15-8-6-7-14(17)13(15)11-18-16(3,4)5/h6-9,18H,10-11H2,1-5H3. The lowest BCUT2D eigenvalue weighted by atomic mass is 10.1. The fraction of sp³-hybridized carbons (Fsp3) is 0.500. The van der Waals surface area contributed by atoms with E-state index in [1.807, 2.05) is 18.2 Å². The van der Waals surface area contributed by atoms with Crippen molar-refractivity contribution in [3.63, 3.8) is 0 Å². The Labute approximate surface area is 121 Å². The Morgan fingerprint density at radius 2 is 2.00 bits per heavy atom. The summed E-state index contributed by atoms with van der Waals surface area (Å²) in [6.07, 6.45) is 2.06. The van der Waals surface area contributed by atoms with Crippen LogP contribution in [0.25, 0.3) is 0 Å². The molecule has 1 rings (SSSR count). The van der Waals surface area contributed by atoms with E-state index in [0.717, 1.165) is 16.3 Å². The fourth-order valence-electron chi connectivity index (χ4n) is 1.50. The Balaban J connectivity index is 2.80. The minimum atomic E-state index is 0.0519. The predicted octanol–water partition coefficient (Wildman–Crippen LogP) is 4.57. The molecule has 0 unspecified atom stereocenters. The molecule has 2 nitrogen and oxygen atoms in total. The molecular weight excluding hydrogens is 258 g/mol. The molecule has 0 saturated heterocycles. The first-order chi connectivity index (χ1) is 8.79. The molecule has 0 fully saturated rings. The summed E-state index contributed by atoms with van der Waals surface area (Å²) in [5, 5.41) is 4.18. The van der Waals surface area contributed by atoms with Crippen LogP contribution < -0.4 is 10.1 Å². The van der Waals surface area contributed by atoms with Crippen LogP contribution in [0.1, 0.15) is 40.2 Å². The van der Waals surface area contributed by atoms with Gasteiger partial charge in [0.1, 0.15) is 12.4 Å². The van der Waals surface area contributed by atoms with Crippen LogP contribution in [0, 0.1) is 0 Å². The van der Waals surface area contributed by atoms with Crippen LogP contribution in [0.15, 0.2) is 29.8 Å². The number of benzene rings is 1. The zero-order valence-electron chi connectivity index (χ0n) is 12.5. The van der Waals surface area contributed by atoms with Crippen molar-refractivity contribution < 1.29 is 4.74 Å². The van der Waals surface area contributed by atoms with Crippen LogP contribution in [-0.4, -0.2) is 12.1 Å². The molecule has 0 aliphatic heterocycles. The second kappa shape index (κ2) is 6.97. The molecule has 0 aliphatic rings. The van der Waals surface area contributed by atoms with Gasteiger partial charge >= 0.3 is 0 Å². The maximum atomic E-state index is 6.26. The van der Waals surface area contributed by atoms with E-state index in [1.54, 1.807) is 0 Å². The molecule has 0 bridgehead atoms. The number of ether oxygens (including phenoxy) is 1. The van der Waals surface area contributed by atoms with E-state index in [2.05, 4.69) is 46.0 Å². The highest BCUT2D eigenvalue weighted by atomic mass is 35.5. The van der Waals surface area contributed by atoms with E-state index in [4.69, 9.17) is 16.3 Å². The zero-order valence-corrected chi connectivity index (χ0v) is 13.3. The summed E-state index contributed by atoms with van der Waals surface area (Å²) in [4.78, 5) is 0. The van der Waals surface area contributed by atoms with Gasteiger partial charge in [-0.1, -0.05) is 23.2 Å². The molecule has 19 heavy (non-hydrogen) atoms. The number of rotatable bonds is 5. The summed E-state index contributed by atoms with van der Waals surface area (Å²) < 4.78 is 5.79. The van der Waals surface area contributed by atoms with Gasteiger partial charge in [0.05, 0.1) is 0 Å². The van der Waals surface area contributed by atoms with Gasteiger partial charge in [0.2, 0.25) is 0 Å². The molecule has 3 heteroatoms. The normalized spacial score (nSPS) is 11.3. The third-order valence-corrected chi connectivity index (χ3v) is 2.96. The summed E-state index contributed by atoms with van der Waals surface area (Å²) in [7, 11) is 0. The van der Waals surface area contributed by atoms with Gasteiger partial charge in [-0.15, -0.1) is 0 Å². The quantitative estimate of drug-likeness (QED) is 0.798. The molecule has 0 amide bonds. The number of hydrogen-bond acceptors (Lipinski definition) is 2. The maximum absolute atomic E-state index is 6.26. The van der Waals surface area contributed by atoms with Gasteiger partial charge in [0.15, 0.2) is 0 Å². The van der Waals surface area contributed by atoms with Gasteiger partial charge in [0.25, 0.3) is 0 Å². The second-order valence-corrected chi connectivity index (χ2v) is 6.32. The number of nitrogens with one attached hydrogen (secondary N) is 1. The molecule has 0 saturated carbocycles. The Hall–Kier alpha value is -0.990. The van der Waals surface area contributed by atoms with Crippen molar-refractivity contribution in [1.29, 1.82) is 0 Å². The third-order valence-electron chi connectivity index (χ3n) is 2.60. The number of hydrogen-bond donors (Lipinski definition) is 1. The number of allylic oxidation sites excluding steroid dienone is 1. The first kappa shape index (κ1) is 16.1. The molecule has 0 aliphatic carbocycles. The smallest absolute Gasteiger partial charge is 0.125 e. The molecule has 0 aromatic heterocycles. The van der Waals surface area contributed by atoms with Crippen LogP contribution in [0.5, 0.6) is 5.75 Å². The Bertz CT molecular complexity index is 443. The predicted molar refractivity (Wildman–Crippen MR) is 83.0 cm³/mol. The molecule has 1 N–H and O–H groups in total. The van der Waals surface area contributed by atoms with Gasteiger partial charge in [-0.2, -0.15) is 0 Å². The van der Waals surface area contributed by atoms with E-state index in [-0.39, 0.29) is 5.54 Å². The monoisotopic (exact) mass is 281 g/mol. The fourth-order valence-corrected chi connectivity index (χ4v) is 1.73. The van der Waals surface area contributed by atoms with Crippen molar-refractivity contribution in [2.45, 2.75) is 46.7 Å². The number of halogens is 1. The van der Waals surface area contributed by atoms with E-state index in [9.17, 15) is 0 Å². The van der Waals surface area contributed by atoms with E-state index in [0.29, 0.717) is 13.2 Å². The van der Waals surface area contributed by atoms with E-state index in [1.165, 1.54) is 5.57 Å². The average molecular weight is 282 g/mol. The molecular formula is C16H24ClNO. The zero-order chi connectivity index (χ0) is 14.5. The summed E-state index contributed by atoms with van der Waals surface area (Å²) in [5.41, 5.74) is 2.31. The Morgan fingerprint density at radius 1 is 1.32 bits per heavy atom. The lowest BCUT2D eigenvalue weighted by molar-refractivity contribution is 0.351. The van der Waals surface area contributed by atoms with Gasteiger partial charge < -0.3 is 10.1 Å². The second-order valence-electron chi connectivity index (χ2n) is 5.91. The van der Waals surface area contributed by atoms with Crippen molar-refractivity contribution in [3.05, 3.63) is 40.4 Å². The molecule has 1 aromatic rings. The summed E-state index contributed by atoms with van der Waals surface area (Å²) >= 11 is 6.26. The van der Waals surface area contributed by atoms with Gasteiger partial charge in [-0.25, -0.2) is 0 Å². The van der Waals surface area contributed by atoms with Crippen LogP contribution in [0.2, 0.25) is 5.02 Å². The highest BCUT2D eigenvalue weighted by Crippen LogP contribution is 2.27. The minimum absolute atomic E-state index is 0.0519. The van der Waals surface area contributed by atoms with Gasteiger partial charge in [-0.05, 0) is 52.8 Å². The van der Waals surface area contributed by atoms with Crippen molar-refractivity contribution in [2.75, 3.05) is 6.61 Å². The highest BCUT2D eigenvalue weighted by Gasteiger charge is 2.13. The van der Waals surface area contributed by atoms with Crippen molar-refractivity contribution in [2.24, 2.45) is 0 Å². The molecule has 1 aromatic carbocycles. The topological polar surface area (TPSA) is 21.3 Å². The molecule has 0 spiro atoms. The summed E-state index contributed by atoms with van der Waals surface area (Å²) in [6, 6.07) is 5.78. The van der Waals surface area contributed by atoms with Crippen molar-refractivity contribution in [1.82, 2.24) is 5.32 Å². The molecule has 0 heterocycles. The van der Waals surface area contributed by atoms with Crippen LogP contribution in [0.3, 0.4) is 0 Å². The maximum Gasteiger partial charge on any atom is 0.125 e. The van der Waals surface area contributed by atoms with Crippen LogP contribution in [-0.2, 0) is 6.54 Å². The summed E-state index contributed by atoms with van der Waals surface area (Å²) in [5.74, 6) is 0.849. The van der Waals surface area contributed by atoms with Gasteiger partial charge in [0, 0.05) is 22.7 Å². The van der Waals surface area contributed by atoms with Crippen LogP contribution >= 0.6 is 11.6 Å². The van der Waals surface area contributed by atoms with E-state index < -0.39 is 0 Å². The molecule has 0 radical (unpaired) electrons. The third kappa shape index (κ3) is 6.13. The van der Waals surface area contributed by atoms with E-state index >= 15 is 0 Å². The van der Waals surface area contributed by atoms with Crippen molar-refractivity contribution >= 4 is 11.6 Å². The lowest BCUT2D eigenvalue weighted by Gasteiger charge is -2.22. The highest BCUT2D eigenvalue weighted by molar-refractivity contribution is 6.31. The van der Waals surface area contributed by atoms with Gasteiger partial charge in [-0.3, -0.25) is 0 Å². The first-order valence-corrected chi connectivity index (χ1v) is 6.96. The lowest BCUT2D eigenvalue weighted by Crippen LogP contribution is -2.35. The Kier molecular flexibility index (Phi) is 5.89. The SMILES string of the molecule is CC(C)=CCOc1cccc(Cl)c1CNC(C)(C)C.